The molecule has 0 aliphatic rings. The van der Waals surface area contributed by atoms with E-state index in [0.717, 1.165) is 0 Å². The zero-order valence-electron chi connectivity index (χ0n) is 7.67. The first kappa shape index (κ1) is 11.6. The van der Waals surface area contributed by atoms with Crippen molar-refractivity contribution < 1.29 is 9.59 Å². The van der Waals surface area contributed by atoms with Gasteiger partial charge in [0.15, 0.2) is 0 Å². The molecule has 0 saturated heterocycles. The molecule has 0 bridgehead atoms. The van der Waals surface area contributed by atoms with E-state index in [1.165, 1.54) is 6.92 Å². The highest BCUT2D eigenvalue weighted by molar-refractivity contribution is 5.86. The first-order chi connectivity index (χ1) is 6.07. The molecule has 0 aromatic rings. The molecular formula is C8H15N3O2. The molecule has 0 aliphatic carbocycles. The number of hydrogen-bond acceptors (Lipinski definition) is 3. The SMILES string of the molecule is C=CCNCC(=O)NC(C)C(N)=O. The molecule has 13 heavy (non-hydrogen) atoms. The summed E-state index contributed by atoms with van der Waals surface area (Å²) in [5.41, 5.74) is 4.95. The molecule has 0 fully saturated rings. The first-order valence-corrected chi connectivity index (χ1v) is 3.98. The summed E-state index contributed by atoms with van der Waals surface area (Å²) < 4.78 is 0. The average molecular weight is 185 g/mol. The summed E-state index contributed by atoms with van der Waals surface area (Å²) in [4.78, 5) is 21.6. The largest absolute Gasteiger partial charge is 0.368 e. The van der Waals surface area contributed by atoms with E-state index in [1.807, 2.05) is 0 Å². The Morgan fingerprint density at radius 3 is 2.69 bits per heavy atom. The van der Waals surface area contributed by atoms with Gasteiger partial charge in [0, 0.05) is 6.54 Å². The standard InChI is InChI=1S/C8H15N3O2/c1-3-4-10-5-7(12)11-6(2)8(9)13/h3,6,10H,1,4-5H2,2H3,(H2,9,13)(H,11,12). The number of amides is 2. The second kappa shape index (κ2) is 6.19. The van der Waals surface area contributed by atoms with Gasteiger partial charge in [-0.15, -0.1) is 6.58 Å². The minimum Gasteiger partial charge on any atom is -0.368 e. The minimum atomic E-state index is -0.627. The van der Waals surface area contributed by atoms with Crippen LogP contribution in [0.2, 0.25) is 0 Å². The molecule has 2 amide bonds. The van der Waals surface area contributed by atoms with Crippen molar-refractivity contribution >= 4 is 11.8 Å². The normalized spacial score (nSPS) is 11.8. The minimum absolute atomic E-state index is 0.156. The van der Waals surface area contributed by atoms with Crippen molar-refractivity contribution in [1.29, 1.82) is 0 Å². The van der Waals surface area contributed by atoms with Crippen LogP contribution in [0.4, 0.5) is 0 Å². The molecule has 0 heterocycles. The van der Waals surface area contributed by atoms with Gasteiger partial charge in [0.25, 0.3) is 0 Å². The number of nitrogens with two attached hydrogens (primary N) is 1. The predicted molar refractivity (Wildman–Crippen MR) is 49.9 cm³/mol. The predicted octanol–water partition coefficient (Wildman–Crippen LogP) is -1.25. The summed E-state index contributed by atoms with van der Waals surface area (Å²) in [6.45, 7) is 5.72. The van der Waals surface area contributed by atoms with Gasteiger partial charge in [0.2, 0.25) is 11.8 Å². The van der Waals surface area contributed by atoms with E-state index in [1.54, 1.807) is 6.08 Å². The fourth-order valence-corrected chi connectivity index (χ4v) is 0.651. The third-order valence-corrected chi connectivity index (χ3v) is 1.38. The molecule has 0 saturated carbocycles. The molecule has 1 unspecified atom stereocenters. The molecule has 74 valence electrons. The lowest BCUT2D eigenvalue weighted by atomic mass is 10.3. The average Bonchev–Trinajstić information content (AvgIpc) is 2.04. The van der Waals surface area contributed by atoms with Gasteiger partial charge in [-0.3, -0.25) is 9.59 Å². The molecule has 4 N–H and O–H groups in total. The van der Waals surface area contributed by atoms with Crippen LogP contribution in [0.3, 0.4) is 0 Å². The summed E-state index contributed by atoms with van der Waals surface area (Å²) in [6, 6.07) is -0.627. The number of nitrogens with one attached hydrogen (secondary N) is 2. The third kappa shape index (κ3) is 5.86. The van der Waals surface area contributed by atoms with E-state index in [4.69, 9.17) is 5.73 Å². The van der Waals surface area contributed by atoms with Gasteiger partial charge < -0.3 is 16.4 Å². The van der Waals surface area contributed by atoms with Gasteiger partial charge in [-0.05, 0) is 6.92 Å². The van der Waals surface area contributed by atoms with Crippen LogP contribution in [-0.2, 0) is 9.59 Å². The van der Waals surface area contributed by atoms with Crippen LogP contribution in [-0.4, -0.2) is 30.9 Å². The summed E-state index contributed by atoms with van der Waals surface area (Å²) >= 11 is 0. The maximum absolute atomic E-state index is 11.0. The molecule has 0 rings (SSSR count). The Bertz CT molecular complexity index is 204. The van der Waals surface area contributed by atoms with Gasteiger partial charge in [0.1, 0.15) is 6.04 Å². The summed E-state index contributed by atoms with van der Waals surface area (Å²) in [5, 5.41) is 5.22. The Kier molecular flexibility index (Phi) is 5.54. The zero-order valence-corrected chi connectivity index (χ0v) is 7.67. The van der Waals surface area contributed by atoms with Gasteiger partial charge in [-0.1, -0.05) is 6.08 Å². The first-order valence-electron chi connectivity index (χ1n) is 3.98. The van der Waals surface area contributed by atoms with Crippen molar-refractivity contribution in [3.8, 4) is 0 Å². The highest BCUT2D eigenvalue weighted by Crippen LogP contribution is 1.77. The third-order valence-electron chi connectivity index (χ3n) is 1.38. The molecule has 0 radical (unpaired) electrons. The summed E-state index contributed by atoms with van der Waals surface area (Å²) in [7, 11) is 0. The molecular weight excluding hydrogens is 170 g/mol. The molecule has 0 spiro atoms. The monoisotopic (exact) mass is 185 g/mol. The Morgan fingerprint density at radius 1 is 1.62 bits per heavy atom. The lowest BCUT2D eigenvalue weighted by molar-refractivity contribution is -0.126. The van der Waals surface area contributed by atoms with E-state index in [2.05, 4.69) is 17.2 Å². The van der Waals surface area contributed by atoms with E-state index in [9.17, 15) is 9.59 Å². The number of primary amides is 1. The second-order valence-electron chi connectivity index (χ2n) is 2.61. The maximum atomic E-state index is 11.0. The van der Waals surface area contributed by atoms with Crippen molar-refractivity contribution in [2.75, 3.05) is 13.1 Å². The lowest BCUT2D eigenvalue weighted by Crippen LogP contribution is -2.45. The Hall–Kier alpha value is -1.36. The zero-order chi connectivity index (χ0) is 10.3. The number of carbonyl (C=O) groups excluding carboxylic acids is 2. The van der Waals surface area contributed by atoms with Crippen LogP contribution < -0.4 is 16.4 Å². The van der Waals surface area contributed by atoms with E-state index in [-0.39, 0.29) is 12.5 Å². The number of carbonyl (C=O) groups is 2. The van der Waals surface area contributed by atoms with Crippen molar-refractivity contribution in [1.82, 2.24) is 10.6 Å². The van der Waals surface area contributed by atoms with Crippen molar-refractivity contribution in [2.24, 2.45) is 5.73 Å². The smallest absolute Gasteiger partial charge is 0.239 e. The molecule has 0 aromatic carbocycles. The van der Waals surface area contributed by atoms with Crippen LogP contribution in [0, 0.1) is 0 Å². The topological polar surface area (TPSA) is 84.2 Å². The van der Waals surface area contributed by atoms with Crippen molar-refractivity contribution in [3.63, 3.8) is 0 Å². The maximum Gasteiger partial charge on any atom is 0.239 e. The van der Waals surface area contributed by atoms with Crippen LogP contribution in [0.15, 0.2) is 12.7 Å². The molecule has 5 heteroatoms. The number of hydrogen-bond donors (Lipinski definition) is 3. The Labute approximate surface area is 77.4 Å². The highest BCUT2D eigenvalue weighted by Gasteiger charge is 2.10. The molecule has 5 nitrogen and oxygen atoms in total. The lowest BCUT2D eigenvalue weighted by Gasteiger charge is -2.09. The molecule has 1 atom stereocenters. The van der Waals surface area contributed by atoms with Crippen LogP contribution in [0.5, 0.6) is 0 Å². The Balaban J connectivity index is 3.61. The quantitative estimate of drug-likeness (QED) is 0.357. The van der Waals surface area contributed by atoms with Gasteiger partial charge in [-0.2, -0.15) is 0 Å². The van der Waals surface area contributed by atoms with E-state index in [0.29, 0.717) is 6.54 Å². The van der Waals surface area contributed by atoms with Crippen LogP contribution in [0.25, 0.3) is 0 Å². The second-order valence-corrected chi connectivity index (χ2v) is 2.61. The molecule has 0 aliphatic heterocycles. The van der Waals surface area contributed by atoms with Crippen LogP contribution >= 0.6 is 0 Å². The van der Waals surface area contributed by atoms with Crippen molar-refractivity contribution in [2.45, 2.75) is 13.0 Å². The van der Waals surface area contributed by atoms with Gasteiger partial charge in [0.05, 0.1) is 6.54 Å². The summed E-state index contributed by atoms with van der Waals surface area (Å²) in [5.74, 6) is -0.801. The summed E-state index contributed by atoms with van der Waals surface area (Å²) in [6.07, 6.45) is 1.64. The van der Waals surface area contributed by atoms with Crippen molar-refractivity contribution in [3.05, 3.63) is 12.7 Å². The Morgan fingerprint density at radius 2 is 2.23 bits per heavy atom. The highest BCUT2D eigenvalue weighted by atomic mass is 16.2. The number of rotatable bonds is 6. The van der Waals surface area contributed by atoms with Crippen LogP contribution in [0.1, 0.15) is 6.92 Å². The van der Waals surface area contributed by atoms with E-state index >= 15 is 0 Å². The van der Waals surface area contributed by atoms with E-state index < -0.39 is 11.9 Å². The van der Waals surface area contributed by atoms with Gasteiger partial charge in [-0.25, -0.2) is 0 Å². The molecule has 0 aromatic heterocycles. The fourth-order valence-electron chi connectivity index (χ4n) is 0.651. The fraction of sp³-hybridized carbons (Fsp3) is 0.500. The van der Waals surface area contributed by atoms with Gasteiger partial charge >= 0.3 is 0 Å².